The van der Waals surface area contributed by atoms with Gasteiger partial charge in [0.15, 0.2) is 5.78 Å². The molecule has 1 amide bonds. The maximum atomic E-state index is 13.3. The molecule has 2 aromatic rings. The summed E-state index contributed by atoms with van der Waals surface area (Å²) >= 11 is 0. The molecule has 0 aliphatic carbocycles. The van der Waals surface area contributed by atoms with Crippen LogP contribution in [-0.4, -0.2) is 46.0 Å². The molecule has 2 aromatic carbocycles. The summed E-state index contributed by atoms with van der Waals surface area (Å²) < 4.78 is 6.24. The Labute approximate surface area is 230 Å². The van der Waals surface area contributed by atoms with Gasteiger partial charge in [0.05, 0.1) is 5.54 Å². The third kappa shape index (κ3) is 5.83. The molecule has 0 heterocycles. The first-order chi connectivity index (χ1) is 17.6. The SMILES string of the molecule is CCC(CC)(c1ccc(OC(C)C(O)(CC)CC)c(C)c1)c1ccc(C(=O)N(C)C(C)(C)C(C)=O)c(C)c1. The molecule has 5 nitrogen and oxygen atoms in total. The summed E-state index contributed by atoms with van der Waals surface area (Å²) in [5, 5.41) is 10.9. The van der Waals surface area contributed by atoms with Gasteiger partial charge in [-0.25, -0.2) is 0 Å². The van der Waals surface area contributed by atoms with Crippen molar-refractivity contribution in [1.29, 1.82) is 0 Å². The van der Waals surface area contributed by atoms with Crippen molar-refractivity contribution in [2.75, 3.05) is 7.05 Å². The number of aliphatic hydroxyl groups is 1. The van der Waals surface area contributed by atoms with Crippen LogP contribution in [0.2, 0.25) is 0 Å². The predicted octanol–water partition coefficient (Wildman–Crippen LogP) is 7.17. The predicted molar refractivity (Wildman–Crippen MR) is 156 cm³/mol. The molecule has 0 bridgehead atoms. The Balaban J connectivity index is 2.47. The van der Waals surface area contributed by atoms with Gasteiger partial charge in [-0.3, -0.25) is 9.59 Å². The number of rotatable bonds is 12. The van der Waals surface area contributed by atoms with Gasteiger partial charge in [0.25, 0.3) is 5.91 Å². The van der Waals surface area contributed by atoms with Crippen molar-refractivity contribution < 1.29 is 19.4 Å². The number of carbonyl (C=O) groups is 2. The highest BCUT2D eigenvalue weighted by Crippen LogP contribution is 2.41. The highest BCUT2D eigenvalue weighted by molar-refractivity contribution is 5.99. The molecule has 0 aliphatic heterocycles. The van der Waals surface area contributed by atoms with Crippen LogP contribution < -0.4 is 4.74 Å². The molecule has 0 radical (unpaired) electrons. The molecule has 0 saturated carbocycles. The maximum absolute atomic E-state index is 13.3. The van der Waals surface area contributed by atoms with Gasteiger partial charge in [-0.1, -0.05) is 52.0 Å². The first-order valence-electron chi connectivity index (χ1n) is 14.1. The minimum absolute atomic E-state index is 0.0511. The van der Waals surface area contributed by atoms with Crippen LogP contribution in [0.15, 0.2) is 36.4 Å². The summed E-state index contributed by atoms with van der Waals surface area (Å²) in [4.78, 5) is 27.0. The van der Waals surface area contributed by atoms with Gasteiger partial charge < -0.3 is 14.7 Å². The van der Waals surface area contributed by atoms with Gasteiger partial charge in [0.2, 0.25) is 0 Å². The number of ketones is 1. The van der Waals surface area contributed by atoms with Gasteiger partial charge in [-0.2, -0.15) is 0 Å². The molecular formula is C33H49NO4. The van der Waals surface area contributed by atoms with Crippen LogP contribution in [0.1, 0.15) is 114 Å². The van der Waals surface area contributed by atoms with E-state index in [1.54, 1.807) is 20.9 Å². The van der Waals surface area contributed by atoms with Crippen LogP contribution in [0, 0.1) is 13.8 Å². The normalized spacial score (nSPS) is 13.3. The van der Waals surface area contributed by atoms with Crippen molar-refractivity contribution in [3.63, 3.8) is 0 Å². The molecule has 0 saturated heterocycles. The molecule has 0 spiro atoms. The van der Waals surface area contributed by atoms with E-state index < -0.39 is 11.1 Å². The van der Waals surface area contributed by atoms with E-state index in [-0.39, 0.29) is 23.2 Å². The van der Waals surface area contributed by atoms with Crippen molar-refractivity contribution >= 4 is 11.7 Å². The lowest BCUT2D eigenvalue weighted by molar-refractivity contribution is -0.125. The van der Waals surface area contributed by atoms with Crippen LogP contribution in [-0.2, 0) is 10.2 Å². The van der Waals surface area contributed by atoms with E-state index in [4.69, 9.17) is 4.74 Å². The third-order valence-corrected chi connectivity index (χ3v) is 9.23. The maximum Gasteiger partial charge on any atom is 0.254 e. The smallest absolute Gasteiger partial charge is 0.254 e. The number of aryl methyl sites for hydroxylation is 2. The highest BCUT2D eigenvalue weighted by atomic mass is 16.5. The Morgan fingerprint density at radius 1 is 0.895 bits per heavy atom. The van der Waals surface area contributed by atoms with Crippen molar-refractivity contribution in [2.24, 2.45) is 0 Å². The number of benzene rings is 2. The zero-order valence-corrected chi connectivity index (χ0v) is 25.5. The zero-order valence-electron chi connectivity index (χ0n) is 25.5. The number of hydrogen-bond donors (Lipinski definition) is 1. The first-order valence-corrected chi connectivity index (χ1v) is 14.1. The average Bonchev–Trinajstić information content (AvgIpc) is 2.89. The summed E-state index contributed by atoms with van der Waals surface area (Å²) in [5.74, 6) is 0.583. The van der Waals surface area contributed by atoms with E-state index in [1.165, 1.54) is 17.4 Å². The molecule has 38 heavy (non-hydrogen) atoms. The lowest BCUT2D eigenvalue weighted by Gasteiger charge is -2.36. The lowest BCUT2D eigenvalue weighted by atomic mass is 9.70. The van der Waals surface area contributed by atoms with Gasteiger partial charge in [-0.05, 0) is 102 Å². The zero-order chi connectivity index (χ0) is 29.1. The van der Waals surface area contributed by atoms with Crippen LogP contribution in [0.5, 0.6) is 5.75 Å². The monoisotopic (exact) mass is 523 g/mol. The first kappa shape index (κ1) is 31.6. The number of hydrogen-bond acceptors (Lipinski definition) is 4. The fraction of sp³-hybridized carbons (Fsp3) is 0.576. The van der Waals surface area contributed by atoms with Crippen LogP contribution in [0.25, 0.3) is 0 Å². The molecule has 1 N–H and O–H groups in total. The summed E-state index contributed by atoms with van der Waals surface area (Å²) in [6.07, 6.45) is 2.75. The second kappa shape index (κ2) is 12.0. The number of carbonyl (C=O) groups excluding carboxylic acids is 2. The van der Waals surface area contributed by atoms with Gasteiger partial charge in [0.1, 0.15) is 17.5 Å². The fourth-order valence-corrected chi connectivity index (χ4v) is 5.31. The summed E-state index contributed by atoms with van der Waals surface area (Å²) in [6, 6.07) is 12.4. The van der Waals surface area contributed by atoms with E-state index in [1.807, 2.05) is 39.8 Å². The average molecular weight is 524 g/mol. The van der Waals surface area contributed by atoms with Crippen LogP contribution in [0.3, 0.4) is 0 Å². The quantitative estimate of drug-likeness (QED) is 0.320. The van der Waals surface area contributed by atoms with Crippen molar-refractivity contribution in [3.05, 3.63) is 64.2 Å². The largest absolute Gasteiger partial charge is 0.487 e. The summed E-state index contributed by atoms with van der Waals surface area (Å²) in [7, 11) is 1.69. The Hall–Kier alpha value is -2.66. The number of likely N-dealkylation sites (N-methyl/N-ethyl adjacent to an activating group) is 1. The molecule has 2 rings (SSSR count). The Morgan fingerprint density at radius 3 is 1.82 bits per heavy atom. The number of Topliss-reactive ketones (excluding diaryl/α,β-unsaturated/α-hetero) is 1. The van der Waals surface area contributed by atoms with E-state index in [0.717, 1.165) is 35.3 Å². The minimum Gasteiger partial charge on any atom is -0.487 e. The van der Waals surface area contributed by atoms with Gasteiger partial charge >= 0.3 is 0 Å². The van der Waals surface area contributed by atoms with E-state index >= 15 is 0 Å². The van der Waals surface area contributed by atoms with Gasteiger partial charge in [0, 0.05) is 18.0 Å². The Morgan fingerprint density at radius 2 is 1.39 bits per heavy atom. The standard InChI is InChI=1S/C33H49NO4/c1-12-32(13-2,27-17-19-29(23(6)21-27)38-25(8)33(37,14-3)15-4)26-16-18-28(22(5)20-26)30(36)34(11)31(9,10)24(7)35/h16-21,25,37H,12-15H2,1-11H3. The molecule has 0 aromatic heterocycles. The number of nitrogens with zero attached hydrogens (tertiary/aromatic N) is 1. The lowest BCUT2D eigenvalue weighted by Crippen LogP contribution is -2.50. The summed E-state index contributed by atoms with van der Waals surface area (Å²) in [5.41, 5.74) is 2.96. The van der Waals surface area contributed by atoms with Crippen LogP contribution >= 0.6 is 0 Å². The van der Waals surface area contributed by atoms with E-state index in [0.29, 0.717) is 18.4 Å². The molecule has 1 unspecified atom stereocenters. The molecule has 0 aliphatic rings. The summed E-state index contributed by atoms with van der Waals surface area (Å²) in [6.45, 7) is 19.4. The minimum atomic E-state index is -0.873. The molecular weight excluding hydrogens is 474 g/mol. The number of amides is 1. The molecule has 210 valence electrons. The van der Waals surface area contributed by atoms with Crippen LogP contribution in [0.4, 0.5) is 0 Å². The Kier molecular flexibility index (Phi) is 9.99. The van der Waals surface area contributed by atoms with E-state index in [9.17, 15) is 14.7 Å². The molecule has 5 heteroatoms. The van der Waals surface area contributed by atoms with Crippen molar-refractivity contribution in [3.8, 4) is 5.75 Å². The fourth-order valence-electron chi connectivity index (χ4n) is 5.31. The van der Waals surface area contributed by atoms with E-state index in [2.05, 4.69) is 45.0 Å². The second-order valence-electron chi connectivity index (χ2n) is 11.3. The second-order valence-corrected chi connectivity index (χ2v) is 11.3. The Bertz CT molecular complexity index is 1140. The van der Waals surface area contributed by atoms with Gasteiger partial charge in [-0.15, -0.1) is 0 Å². The molecule has 1 atom stereocenters. The topological polar surface area (TPSA) is 66.8 Å². The highest BCUT2D eigenvalue weighted by Gasteiger charge is 2.36. The molecule has 0 fully saturated rings. The van der Waals surface area contributed by atoms with Crippen molar-refractivity contribution in [2.45, 2.75) is 118 Å². The third-order valence-electron chi connectivity index (χ3n) is 9.23. The number of ether oxygens (including phenoxy) is 1. The van der Waals surface area contributed by atoms with Crippen molar-refractivity contribution in [1.82, 2.24) is 4.90 Å².